The van der Waals surface area contributed by atoms with Crippen LogP contribution in [-0.4, -0.2) is 45.4 Å². The van der Waals surface area contributed by atoms with Gasteiger partial charge in [-0.3, -0.25) is 4.79 Å². The predicted molar refractivity (Wildman–Crippen MR) is 88.7 cm³/mol. The maximum absolute atomic E-state index is 12.8. The molecule has 5 nitrogen and oxygen atoms in total. The molecule has 23 heavy (non-hydrogen) atoms. The van der Waals surface area contributed by atoms with E-state index in [0.717, 1.165) is 30.6 Å². The van der Waals surface area contributed by atoms with Crippen LogP contribution in [0.2, 0.25) is 0 Å². The Labute approximate surface area is 136 Å². The number of carbonyl (C=O) groups excluding carboxylic acids is 1. The summed E-state index contributed by atoms with van der Waals surface area (Å²) in [7, 11) is 0. The third-order valence-electron chi connectivity index (χ3n) is 4.59. The van der Waals surface area contributed by atoms with Crippen LogP contribution in [0.1, 0.15) is 35.8 Å². The number of benzene rings is 1. The van der Waals surface area contributed by atoms with Crippen molar-refractivity contribution in [3.05, 3.63) is 47.8 Å². The number of hydrogen-bond acceptors (Lipinski definition) is 3. The summed E-state index contributed by atoms with van der Waals surface area (Å²) in [6, 6.07) is 9.89. The third kappa shape index (κ3) is 3.15. The number of piperidine rings is 1. The second-order valence-corrected chi connectivity index (χ2v) is 6.02. The molecule has 0 spiro atoms. The van der Waals surface area contributed by atoms with E-state index in [9.17, 15) is 9.90 Å². The first kappa shape index (κ1) is 15.7. The topological polar surface area (TPSA) is 58.4 Å². The van der Waals surface area contributed by atoms with Gasteiger partial charge in [-0.1, -0.05) is 25.1 Å². The molecule has 0 bridgehead atoms. The fourth-order valence-electron chi connectivity index (χ4n) is 3.17. The minimum atomic E-state index is 0.0559. The Morgan fingerprint density at radius 3 is 2.57 bits per heavy atom. The van der Waals surface area contributed by atoms with Gasteiger partial charge in [0.2, 0.25) is 0 Å². The summed E-state index contributed by atoms with van der Waals surface area (Å²) in [5.74, 6) is 0.386. The first-order valence-corrected chi connectivity index (χ1v) is 8.27. The summed E-state index contributed by atoms with van der Waals surface area (Å²) in [6.45, 7) is 3.69. The van der Waals surface area contributed by atoms with Crippen LogP contribution in [0.25, 0.3) is 5.69 Å². The van der Waals surface area contributed by atoms with Crippen LogP contribution in [0.5, 0.6) is 0 Å². The van der Waals surface area contributed by atoms with Gasteiger partial charge in [0.15, 0.2) is 0 Å². The summed E-state index contributed by atoms with van der Waals surface area (Å²) >= 11 is 0. The molecule has 122 valence electrons. The number of aliphatic hydroxyl groups is 1. The maximum Gasteiger partial charge on any atom is 0.257 e. The van der Waals surface area contributed by atoms with Crippen molar-refractivity contribution in [3.63, 3.8) is 0 Å². The lowest BCUT2D eigenvalue weighted by atomic mass is 9.97. The number of aliphatic hydroxyl groups excluding tert-OH is 1. The van der Waals surface area contributed by atoms with Crippen molar-refractivity contribution in [2.24, 2.45) is 5.92 Å². The number of rotatable bonds is 4. The molecule has 1 aliphatic heterocycles. The smallest absolute Gasteiger partial charge is 0.257 e. The zero-order chi connectivity index (χ0) is 16.2. The van der Waals surface area contributed by atoms with E-state index in [0.29, 0.717) is 24.6 Å². The molecular formula is C18H23N3O2. The van der Waals surface area contributed by atoms with Gasteiger partial charge in [-0.2, -0.15) is 5.10 Å². The highest BCUT2D eigenvalue weighted by Gasteiger charge is 2.26. The van der Waals surface area contributed by atoms with E-state index >= 15 is 0 Å². The molecule has 0 atom stereocenters. The average molecular weight is 313 g/mol. The van der Waals surface area contributed by atoms with Gasteiger partial charge in [-0.15, -0.1) is 0 Å². The van der Waals surface area contributed by atoms with Crippen LogP contribution in [0.4, 0.5) is 0 Å². The van der Waals surface area contributed by atoms with Gasteiger partial charge in [0.1, 0.15) is 0 Å². The highest BCUT2D eigenvalue weighted by atomic mass is 16.3. The summed E-state index contributed by atoms with van der Waals surface area (Å²) in [6.07, 6.45) is 4.18. The zero-order valence-electron chi connectivity index (χ0n) is 13.5. The molecule has 2 heterocycles. The van der Waals surface area contributed by atoms with Crippen LogP contribution in [0.3, 0.4) is 0 Å². The third-order valence-corrected chi connectivity index (χ3v) is 4.59. The molecule has 0 unspecified atom stereocenters. The average Bonchev–Trinajstić information content (AvgIpc) is 3.06. The van der Waals surface area contributed by atoms with E-state index in [1.165, 1.54) is 0 Å². The van der Waals surface area contributed by atoms with E-state index in [1.807, 2.05) is 46.8 Å². The molecule has 0 radical (unpaired) electrons. The molecule has 1 aliphatic rings. The van der Waals surface area contributed by atoms with Gasteiger partial charge in [0, 0.05) is 19.7 Å². The Kier molecular flexibility index (Phi) is 4.76. The number of likely N-dealkylation sites (tertiary alicyclic amines) is 1. The molecule has 5 heteroatoms. The van der Waals surface area contributed by atoms with Crippen LogP contribution >= 0.6 is 0 Å². The number of hydrogen-bond donors (Lipinski definition) is 1. The van der Waals surface area contributed by atoms with Crippen molar-refractivity contribution in [1.29, 1.82) is 0 Å². The first-order chi connectivity index (χ1) is 11.2. The van der Waals surface area contributed by atoms with Crippen LogP contribution in [0, 0.1) is 5.92 Å². The number of nitrogens with zero attached hydrogens (tertiary/aromatic N) is 3. The fourth-order valence-corrected chi connectivity index (χ4v) is 3.17. The minimum absolute atomic E-state index is 0.0559. The number of para-hydroxylation sites is 1. The second-order valence-electron chi connectivity index (χ2n) is 6.02. The standard InChI is InChI=1S/C18H23N3O2/c1-2-17-16(12-19-21(17)15-6-4-3-5-7-15)18(23)20-10-8-14(13-22)9-11-20/h3-7,12,14,22H,2,8-11,13H2,1H3. The Morgan fingerprint density at radius 1 is 1.26 bits per heavy atom. The lowest BCUT2D eigenvalue weighted by Gasteiger charge is -2.31. The highest BCUT2D eigenvalue weighted by Crippen LogP contribution is 2.21. The Morgan fingerprint density at radius 2 is 1.96 bits per heavy atom. The highest BCUT2D eigenvalue weighted by molar-refractivity contribution is 5.95. The van der Waals surface area contributed by atoms with Crippen LogP contribution in [0.15, 0.2) is 36.5 Å². The quantitative estimate of drug-likeness (QED) is 0.942. The molecule has 1 amide bonds. The summed E-state index contributed by atoms with van der Waals surface area (Å²) in [5, 5.41) is 13.7. The number of carbonyl (C=O) groups is 1. The predicted octanol–water partition coefficient (Wildman–Crippen LogP) is 2.28. The SMILES string of the molecule is CCc1c(C(=O)N2CCC(CO)CC2)cnn1-c1ccccc1. The normalized spacial score (nSPS) is 15.8. The van der Waals surface area contributed by atoms with Gasteiger partial charge in [-0.05, 0) is 37.3 Å². The molecule has 1 fully saturated rings. The molecular weight excluding hydrogens is 290 g/mol. The maximum atomic E-state index is 12.8. The lowest BCUT2D eigenvalue weighted by Crippen LogP contribution is -2.39. The molecule has 0 saturated carbocycles. The van der Waals surface area contributed by atoms with E-state index in [-0.39, 0.29) is 12.5 Å². The Bertz CT molecular complexity index is 658. The Balaban J connectivity index is 1.83. The van der Waals surface area contributed by atoms with E-state index in [2.05, 4.69) is 5.10 Å². The van der Waals surface area contributed by atoms with Crippen LogP contribution in [-0.2, 0) is 6.42 Å². The number of aromatic nitrogens is 2. The van der Waals surface area contributed by atoms with Crippen molar-refractivity contribution in [3.8, 4) is 5.69 Å². The van der Waals surface area contributed by atoms with Gasteiger partial charge in [0.05, 0.1) is 23.1 Å². The second kappa shape index (κ2) is 6.96. The minimum Gasteiger partial charge on any atom is -0.396 e. The van der Waals surface area contributed by atoms with Gasteiger partial charge in [0.25, 0.3) is 5.91 Å². The molecule has 1 aromatic carbocycles. The monoisotopic (exact) mass is 313 g/mol. The van der Waals surface area contributed by atoms with Gasteiger partial charge in [-0.25, -0.2) is 4.68 Å². The van der Waals surface area contributed by atoms with Crippen molar-refractivity contribution < 1.29 is 9.90 Å². The molecule has 1 aromatic heterocycles. The lowest BCUT2D eigenvalue weighted by molar-refractivity contribution is 0.0650. The number of amides is 1. The summed E-state index contributed by atoms with van der Waals surface area (Å²) in [4.78, 5) is 14.7. The van der Waals surface area contributed by atoms with E-state index in [4.69, 9.17) is 0 Å². The molecule has 3 rings (SSSR count). The molecule has 0 aliphatic carbocycles. The first-order valence-electron chi connectivity index (χ1n) is 8.27. The van der Waals surface area contributed by atoms with Gasteiger partial charge < -0.3 is 10.0 Å². The summed E-state index contributed by atoms with van der Waals surface area (Å²) < 4.78 is 1.85. The molecule has 2 aromatic rings. The zero-order valence-corrected chi connectivity index (χ0v) is 13.5. The van der Waals surface area contributed by atoms with E-state index in [1.54, 1.807) is 6.20 Å². The van der Waals surface area contributed by atoms with Crippen molar-refractivity contribution in [1.82, 2.24) is 14.7 Å². The van der Waals surface area contributed by atoms with E-state index < -0.39 is 0 Å². The van der Waals surface area contributed by atoms with Gasteiger partial charge >= 0.3 is 0 Å². The van der Waals surface area contributed by atoms with Crippen molar-refractivity contribution >= 4 is 5.91 Å². The van der Waals surface area contributed by atoms with Crippen molar-refractivity contribution in [2.75, 3.05) is 19.7 Å². The fraction of sp³-hybridized carbons (Fsp3) is 0.444. The molecule has 1 saturated heterocycles. The molecule has 1 N–H and O–H groups in total. The van der Waals surface area contributed by atoms with Crippen molar-refractivity contribution in [2.45, 2.75) is 26.2 Å². The van der Waals surface area contributed by atoms with Crippen LogP contribution < -0.4 is 0 Å². The Hall–Kier alpha value is -2.14. The summed E-state index contributed by atoms with van der Waals surface area (Å²) in [5.41, 5.74) is 2.62. The largest absolute Gasteiger partial charge is 0.396 e.